The lowest BCUT2D eigenvalue weighted by atomic mass is 10.0. The van der Waals surface area contributed by atoms with E-state index >= 15 is 0 Å². The second-order valence-electron chi connectivity index (χ2n) is 6.03. The van der Waals surface area contributed by atoms with Crippen molar-refractivity contribution in [2.75, 3.05) is 0 Å². The van der Waals surface area contributed by atoms with E-state index in [9.17, 15) is 4.79 Å². The van der Waals surface area contributed by atoms with Gasteiger partial charge in [0.05, 0.1) is 0 Å². The Hall–Kier alpha value is -2.44. The fourth-order valence-electron chi connectivity index (χ4n) is 3.08. The van der Waals surface area contributed by atoms with Crippen LogP contribution in [-0.4, -0.2) is 26.9 Å². The van der Waals surface area contributed by atoms with Crippen LogP contribution in [0.5, 0.6) is 0 Å². The molecule has 1 saturated heterocycles. The molecule has 2 unspecified atom stereocenters. The summed E-state index contributed by atoms with van der Waals surface area (Å²) in [6.07, 6.45) is 10.2. The average Bonchev–Trinajstić information content (AvgIpc) is 3.30. The lowest BCUT2D eigenvalue weighted by molar-refractivity contribution is -0.124. The molecule has 2 atom stereocenters. The number of rotatable bonds is 6. The number of nitrogens with zero attached hydrogens (tertiary/aromatic N) is 2. The Bertz CT molecular complexity index is 680. The summed E-state index contributed by atoms with van der Waals surface area (Å²) in [5.41, 5.74) is 3.77. The van der Waals surface area contributed by atoms with Crippen LogP contribution in [0.1, 0.15) is 36.4 Å². The number of aromatic nitrogens is 2. The number of benzene rings is 1. The van der Waals surface area contributed by atoms with Crippen molar-refractivity contribution in [2.24, 2.45) is 0 Å². The monoisotopic (exact) mass is 326 g/mol. The molecule has 1 aliphatic heterocycles. The first kappa shape index (κ1) is 16.4. The van der Waals surface area contributed by atoms with Gasteiger partial charge in [0.2, 0.25) is 0 Å². The summed E-state index contributed by atoms with van der Waals surface area (Å²) in [5, 5.41) is 16.4. The number of carbonyl (C=O) groups is 1. The standard InChI is InChI=1S/C18H22N4O2/c23-18(21-24)9-4-14-2-5-15(6-3-14)17-8-7-16(20-17)10-13-22-12-1-11-19-22/h1-6,9,11-12,16-17,20,24H,7-8,10,13H2,(H,21,23)/b9-4+. The van der Waals surface area contributed by atoms with Crippen LogP contribution >= 0.6 is 0 Å². The van der Waals surface area contributed by atoms with Crippen LogP contribution in [-0.2, 0) is 11.3 Å². The summed E-state index contributed by atoms with van der Waals surface area (Å²) in [4.78, 5) is 11.0. The minimum Gasteiger partial charge on any atom is -0.307 e. The predicted molar refractivity (Wildman–Crippen MR) is 91.1 cm³/mol. The van der Waals surface area contributed by atoms with Crippen molar-refractivity contribution in [3.05, 3.63) is 59.9 Å². The molecule has 24 heavy (non-hydrogen) atoms. The van der Waals surface area contributed by atoms with Gasteiger partial charge in [0.1, 0.15) is 0 Å². The Morgan fingerprint density at radius 1 is 1.38 bits per heavy atom. The fraction of sp³-hybridized carbons (Fsp3) is 0.333. The van der Waals surface area contributed by atoms with E-state index in [0.717, 1.165) is 24.9 Å². The lowest BCUT2D eigenvalue weighted by Gasteiger charge is -2.15. The number of amides is 1. The van der Waals surface area contributed by atoms with Crippen molar-refractivity contribution in [1.82, 2.24) is 20.6 Å². The maximum Gasteiger partial charge on any atom is 0.267 e. The highest BCUT2D eigenvalue weighted by molar-refractivity contribution is 5.90. The molecule has 0 aliphatic carbocycles. The second-order valence-corrected chi connectivity index (χ2v) is 6.03. The third kappa shape index (κ3) is 4.31. The molecule has 0 spiro atoms. The van der Waals surface area contributed by atoms with Crippen molar-refractivity contribution >= 4 is 12.0 Å². The molecule has 0 radical (unpaired) electrons. The van der Waals surface area contributed by atoms with Gasteiger partial charge in [-0.3, -0.25) is 14.7 Å². The number of nitrogens with one attached hydrogen (secondary N) is 2. The van der Waals surface area contributed by atoms with Crippen molar-refractivity contribution in [3.8, 4) is 0 Å². The molecule has 1 fully saturated rings. The van der Waals surface area contributed by atoms with Gasteiger partial charge in [-0.15, -0.1) is 0 Å². The Labute approximate surface area is 141 Å². The topological polar surface area (TPSA) is 79.2 Å². The number of hydrogen-bond acceptors (Lipinski definition) is 4. The van der Waals surface area contributed by atoms with E-state index in [4.69, 9.17) is 5.21 Å². The minimum absolute atomic E-state index is 0.381. The quantitative estimate of drug-likeness (QED) is 0.432. The summed E-state index contributed by atoms with van der Waals surface area (Å²) >= 11 is 0. The highest BCUT2D eigenvalue weighted by Gasteiger charge is 2.24. The molecule has 1 aliphatic rings. The molecule has 2 aromatic rings. The normalized spacial score (nSPS) is 20.5. The summed E-state index contributed by atoms with van der Waals surface area (Å²) in [6.45, 7) is 0.939. The third-order valence-electron chi connectivity index (χ3n) is 4.38. The first-order valence-electron chi connectivity index (χ1n) is 8.20. The average molecular weight is 326 g/mol. The van der Waals surface area contributed by atoms with Gasteiger partial charge < -0.3 is 5.32 Å². The highest BCUT2D eigenvalue weighted by Crippen LogP contribution is 2.28. The van der Waals surface area contributed by atoms with Gasteiger partial charge in [0.15, 0.2) is 0 Å². The number of hydroxylamine groups is 1. The number of carbonyl (C=O) groups excluding carboxylic acids is 1. The summed E-state index contributed by atoms with van der Waals surface area (Å²) in [7, 11) is 0. The molecule has 0 bridgehead atoms. The van der Waals surface area contributed by atoms with E-state index in [-0.39, 0.29) is 0 Å². The zero-order valence-electron chi connectivity index (χ0n) is 13.4. The van der Waals surface area contributed by atoms with Gasteiger partial charge >= 0.3 is 0 Å². The molecule has 0 saturated carbocycles. The smallest absolute Gasteiger partial charge is 0.267 e. The molecule has 1 aromatic heterocycles. The van der Waals surface area contributed by atoms with Gasteiger partial charge in [0, 0.05) is 37.1 Å². The zero-order valence-corrected chi connectivity index (χ0v) is 13.4. The molecule has 126 valence electrons. The van der Waals surface area contributed by atoms with Crippen molar-refractivity contribution in [2.45, 2.75) is 37.9 Å². The van der Waals surface area contributed by atoms with E-state index in [0.29, 0.717) is 12.1 Å². The molecule has 1 amide bonds. The highest BCUT2D eigenvalue weighted by atomic mass is 16.5. The van der Waals surface area contributed by atoms with Gasteiger partial charge in [-0.05, 0) is 42.5 Å². The van der Waals surface area contributed by atoms with Crippen LogP contribution in [0, 0.1) is 0 Å². The van der Waals surface area contributed by atoms with Crippen molar-refractivity contribution in [1.29, 1.82) is 0 Å². The molecule has 1 aromatic carbocycles. The van der Waals surface area contributed by atoms with Crippen LogP contribution in [0.2, 0.25) is 0 Å². The van der Waals surface area contributed by atoms with Gasteiger partial charge in [-0.25, -0.2) is 5.48 Å². The zero-order chi connectivity index (χ0) is 16.8. The van der Waals surface area contributed by atoms with E-state index < -0.39 is 5.91 Å². The maximum atomic E-state index is 11.0. The predicted octanol–water partition coefficient (Wildman–Crippen LogP) is 2.29. The van der Waals surface area contributed by atoms with Gasteiger partial charge in [-0.1, -0.05) is 24.3 Å². The second kappa shape index (κ2) is 7.90. The first-order valence-corrected chi connectivity index (χ1v) is 8.20. The molecule has 6 nitrogen and oxygen atoms in total. The van der Waals surface area contributed by atoms with E-state index in [1.165, 1.54) is 18.1 Å². The van der Waals surface area contributed by atoms with Crippen LogP contribution in [0.3, 0.4) is 0 Å². The first-order chi connectivity index (χ1) is 11.7. The Kier molecular flexibility index (Phi) is 5.40. The Morgan fingerprint density at radius 3 is 2.92 bits per heavy atom. The van der Waals surface area contributed by atoms with Crippen LogP contribution in [0.4, 0.5) is 0 Å². The lowest BCUT2D eigenvalue weighted by Crippen LogP contribution is -2.25. The van der Waals surface area contributed by atoms with Gasteiger partial charge in [-0.2, -0.15) is 5.10 Å². The molecule has 6 heteroatoms. The van der Waals surface area contributed by atoms with Crippen molar-refractivity contribution in [3.63, 3.8) is 0 Å². The summed E-state index contributed by atoms with van der Waals surface area (Å²) < 4.78 is 1.97. The minimum atomic E-state index is -0.531. The number of aryl methyl sites for hydroxylation is 1. The Morgan fingerprint density at radius 2 is 2.21 bits per heavy atom. The summed E-state index contributed by atoms with van der Waals surface area (Å²) in [6, 6.07) is 11.0. The van der Waals surface area contributed by atoms with E-state index in [1.807, 2.05) is 35.3 Å². The van der Waals surface area contributed by atoms with E-state index in [1.54, 1.807) is 11.6 Å². The van der Waals surface area contributed by atoms with Crippen LogP contribution < -0.4 is 10.8 Å². The van der Waals surface area contributed by atoms with Gasteiger partial charge in [0.25, 0.3) is 5.91 Å². The summed E-state index contributed by atoms with van der Waals surface area (Å²) in [5.74, 6) is -0.531. The largest absolute Gasteiger partial charge is 0.307 e. The molecule has 3 N–H and O–H groups in total. The SMILES string of the molecule is O=C(/C=C/c1ccc(C2CCC(CCn3cccn3)N2)cc1)NO. The van der Waals surface area contributed by atoms with Crippen LogP contribution in [0.15, 0.2) is 48.8 Å². The van der Waals surface area contributed by atoms with E-state index in [2.05, 4.69) is 22.5 Å². The van der Waals surface area contributed by atoms with Crippen molar-refractivity contribution < 1.29 is 10.0 Å². The molecular weight excluding hydrogens is 304 g/mol. The fourth-order valence-corrected chi connectivity index (χ4v) is 3.08. The molecule has 2 heterocycles. The van der Waals surface area contributed by atoms with Crippen LogP contribution in [0.25, 0.3) is 6.08 Å². The maximum absolute atomic E-state index is 11.0. The Balaban J connectivity index is 1.52. The molecule has 3 rings (SSSR count). The number of hydrogen-bond donors (Lipinski definition) is 3. The third-order valence-corrected chi connectivity index (χ3v) is 4.38. The molecular formula is C18H22N4O2.